The molecule has 5 nitrogen and oxygen atoms in total. The molecule has 2 heterocycles. The number of hydrogen-bond acceptors (Lipinski definition) is 4. The van der Waals surface area contributed by atoms with E-state index in [9.17, 15) is 14.7 Å². The fourth-order valence-electron chi connectivity index (χ4n) is 2.18. The summed E-state index contributed by atoms with van der Waals surface area (Å²) in [5.74, 6) is -0.0611. The molecule has 1 N–H and O–H groups in total. The van der Waals surface area contributed by atoms with Crippen molar-refractivity contribution in [3.8, 4) is 0 Å². The van der Waals surface area contributed by atoms with E-state index in [2.05, 4.69) is 0 Å². The number of aliphatic hydroxyl groups excluding tert-OH is 1. The fourth-order valence-corrected chi connectivity index (χ4v) is 2.85. The van der Waals surface area contributed by atoms with Crippen molar-refractivity contribution in [3.63, 3.8) is 0 Å². The molecule has 0 aromatic carbocycles. The summed E-state index contributed by atoms with van der Waals surface area (Å²) in [6.07, 6.45) is -0.311. The maximum Gasteiger partial charge on any atom is 0.227 e. The Labute approximate surface area is 116 Å². The van der Waals surface area contributed by atoms with Crippen molar-refractivity contribution in [3.05, 3.63) is 22.4 Å². The van der Waals surface area contributed by atoms with Gasteiger partial charge in [0.2, 0.25) is 11.8 Å². The van der Waals surface area contributed by atoms with Crippen LogP contribution in [-0.2, 0) is 16.0 Å². The summed E-state index contributed by atoms with van der Waals surface area (Å²) >= 11 is 1.56. The highest BCUT2D eigenvalue weighted by Gasteiger charge is 2.25. The van der Waals surface area contributed by atoms with Gasteiger partial charge in [0.1, 0.15) is 0 Å². The van der Waals surface area contributed by atoms with E-state index in [1.165, 1.54) is 6.92 Å². The van der Waals surface area contributed by atoms with Gasteiger partial charge in [0, 0.05) is 33.1 Å². The molecule has 0 radical (unpaired) electrons. The zero-order chi connectivity index (χ0) is 13.8. The van der Waals surface area contributed by atoms with Crippen LogP contribution in [0.3, 0.4) is 0 Å². The number of aliphatic hydroxyl groups is 1. The van der Waals surface area contributed by atoms with Gasteiger partial charge in [0.15, 0.2) is 0 Å². The summed E-state index contributed by atoms with van der Waals surface area (Å²) in [6.45, 7) is 3.06. The Bertz CT molecular complexity index is 447. The van der Waals surface area contributed by atoms with Crippen LogP contribution < -0.4 is 0 Å². The Hall–Kier alpha value is -1.40. The number of carbonyl (C=O) groups is 2. The first-order valence-corrected chi connectivity index (χ1v) is 7.23. The molecule has 0 saturated carbocycles. The van der Waals surface area contributed by atoms with Crippen LogP contribution in [0.5, 0.6) is 0 Å². The third-order valence-electron chi connectivity index (χ3n) is 3.24. The van der Waals surface area contributed by atoms with Crippen molar-refractivity contribution in [1.82, 2.24) is 9.80 Å². The van der Waals surface area contributed by atoms with Gasteiger partial charge in [-0.1, -0.05) is 0 Å². The average molecular weight is 282 g/mol. The Balaban J connectivity index is 1.96. The van der Waals surface area contributed by atoms with Crippen molar-refractivity contribution >= 4 is 23.2 Å². The quantitative estimate of drug-likeness (QED) is 0.851. The zero-order valence-electron chi connectivity index (χ0n) is 10.9. The molecule has 1 saturated heterocycles. The van der Waals surface area contributed by atoms with Crippen LogP contribution in [0.1, 0.15) is 12.5 Å². The summed E-state index contributed by atoms with van der Waals surface area (Å²) in [6, 6.07) is 1.93. The van der Waals surface area contributed by atoms with E-state index in [4.69, 9.17) is 0 Å². The molecule has 0 spiro atoms. The summed E-state index contributed by atoms with van der Waals surface area (Å²) in [4.78, 5) is 26.7. The number of rotatable bonds is 2. The van der Waals surface area contributed by atoms with Crippen molar-refractivity contribution in [1.29, 1.82) is 0 Å². The Morgan fingerprint density at radius 1 is 1.37 bits per heavy atom. The highest BCUT2D eigenvalue weighted by atomic mass is 32.1. The molecule has 0 aliphatic carbocycles. The van der Waals surface area contributed by atoms with Crippen LogP contribution in [-0.4, -0.2) is 59.0 Å². The first-order chi connectivity index (χ1) is 9.06. The number of nitrogens with zero attached hydrogens (tertiary/aromatic N) is 2. The molecule has 19 heavy (non-hydrogen) atoms. The molecule has 1 aromatic rings. The van der Waals surface area contributed by atoms with Crippen LogP contribution in [0.2, 0.25) is 0 Å². The Morgan fingerprint density at radius 2 is 2.05 bits per heavy atom. The van der Waals surface area contributed by atoms with Crippen molar-refractivity contribution in [2.24, 2.45) is 0 Å². The molecule has 1 aromatic heterocycles. The van der Waals surface area contributed by atoms with Gasteiger partial charge in [0.05, 0.1) is 12.5 Å². The molecule has 2 amide bonds. The van der Waals surface area contributed by atoms with Gasteiger partial charge >= 0.3 is 0 Å². The van der Waals surface area contributed by atoms with Gasteiger partial charge in [0.25, 0.3) is 0 Å². The first-order valence-electron chi connectivity index (χ1n) is 6.28. The van der Waals surface area contributed by atoms with E-state index in [1.807, 2.05) is 16.8 Å². The third kappa shape index (κ3) is 3.78. The summed E-state index contributed by atoms with van der Waals surface area (Å²) in [5.41, 5.74) is 0.997. The maximum atomic E-state index is 12.2. The smallest absolute Gasteiger partial charge is 0.227 e. The average Bonchev–Trinajstić information content (AvgIpc) is 2.76. The summed E-state index contributed by atoms with van der Waals surface area (Å²) in [5, 5.41) is 13.8. The van der Waals surface area contributed by atoms with Crippen LogP contribution in [0, 0.1) is 0 Å². The lowest BCUT2D eigenvalue weighted by molar-refractivity contribution is -0.132. The van der Waals surface area contributed by atoms with E-state index in [0.29, 0.717) is 32.6 Å². The Morgan fingerprint density at radius 3 is 2.68 bits per heavy atom. The predicted octanol–water partition coefficient (Wildman–Crippen LogP) is 0.342. The van der Waals surface area contributed by atoms with Gasteiger partial charge in [-0.05, 0) is 22.4 Å². The molecule has 1 unspecified atom stereocenters. The number of hydrogen-bond donors (Lipinski definition) is 1. The number of carbonyl (C=O) groups excluding carboxylic acids is 2. The lowest BCUT2D eigenvalue weighted by Crippen LogP contribution is -2.38. The van der Waals surface area contributed by atoms with Crippen LogP contribution in [0.15, 0.2) is 16.8 Å². The van der Waals surface area contributed by atoms with Crippen molar-refractivity contribution in [2.45, 2.75) is 19.4 Å². The minimum atomic E-state index is -0.669. The second-order valence-electron chi connectivity index (χ2n) is 4.77. The third-order valence-corrected chi connectivity index (χ3v) is 3.97. The highest BCUT2D eigenvalue weighted by molar-refractivity contribution is 7.07. The van der Waals surface area contributed by atoms with E-state index >= 15 is 0 Å². The Kier molecular flexibility index (Phi) is 4.55. The predicted molar refractivity (Wildman–Crippen MR) is 72.9 cm³/mol. The molecule has 1 aliphatic heterocycles. The molecule has 1 fully saturated rings. The lowest BCUT2D eigenvalue weighted by atomic mass is 10.2. The molecule has 1 aliphatic rings. The monoisotopic (exact) mass is 282 g/mol. The van der Waals surface area contributed by atoms with Gasteiger partial charge in [-0.25, -0.2) is 0 Å². The molecule has 104 valence electrons. The molecule has 2 rings (SSSR count). The maximum absolute atomic E-state index is 12.2. The second-order valence-corrected chi connectivity index (χ2v) is 5.55. The lowest BCUT2D eigenvalue weighted by Gasteiger charge is -2.21. The summed E-state index contributed by atoms with van der Waals surface area (Å²) < 4.78 is 0. The molecule has 6 heteroatoms. The highest BCUT2D eigenvalue weighted by Crippen LogP contribution is 2.10. The SMILES string of the molecule is CC(=O)N1CCN(C(=O)Cc2ccsc2)CC(O)C1. The van der Waals surface area contributed by atoms with E-state index in [-0.39, 0.29) is 11.8 Å². The van der Waals surface area contributed by atoms with Gasteiger partial charge in [-0.3, -0.25) is 9.59 Å². The van der Waals surface area contributed by atoms with Gasteiger partial charge in [-0.2, -0.15) is 11.3 Å². The summed E-state index contributed by atoms with van der Waals surface area (Å²) in [7, 11) is 0. The van der Waals surface area contributed by atoms with E-state index < -0.39 is 6.10 Å². The molecular formula is C13H18N2O3S. The van der Waals surface area contributed by atoms with Gasteiger partial charge in [-0.15, -0.1) is 0 Å². The molecule has 0 bridgehead atoms. The molecule has 1 atom stereocenters. The zero-order valence-corrected chi connectivity index (χ0v) is 11.7. The van der Waals surface area contributed by atoms with Crippen LogP contribution >= 0.6 is 11.3 Å². The number of amides is 2. The minimum absolute atomic E-state index is 0.00264. The minimum Gasteiger partial charge on any atom is -0.389 e. The second kappa shape index (κ2) is 6.16. The molecular weight excluding hydrogens is 264 g/mol. The van der Waals surface area contributed by atoms with E-state index in [0.717, 1.165) is 5.56 Å². The number of thiophene rings is 1. The van der Waals surface area contributed by atoms with Gasteiger partial charge < -0.3 is 14.9 Å². The topological polar surface area (TPSA) is 60.9 Å². The first kappa shape index (κ1) is 14.0. The largest absolute Gasteiger partial charge is 0.389 e. The normalized spacial score (nSPS) is 20.2. The number of β-amino-alcohol motifs (C(OH)–C–C–N with tert-alkyl or cyclic N) is 1. The fraction of sp³-hybridized carbons (Fsp3) is 0.538. The van der Waals surface area contributed by atoms with Crippen molar-refractivity contribution < 1.29 is 14.7 Å². The van der Waals surface area contributed by atoms with E-state index in [1.54, 1.807) is 21.1 Å². The van der Waals surface area contributed by atoms with Crippen molar-refractivity contribution in [2.75, 3.05) is 26.2 Å². The standard InChI is InChI=1S/C13H18N2O3S/c1-10(16)14-3-4-15(8-12(17)7-14)13(18)6-11-2-5-19-9-11/h2,5,9,12,17H,3-4,6-8H2,1H3. The van der Waals surface area contributed by atoms with Crippen LogP contribution in [0.25, 0.3) is 0 Å². The van der Waals surface area contributed by atoms with Crippen LogP contribution in [0.4, 0.5) is 0 Å².